The van der Waals surface area contributed by atoms with Crippen LogP contribution in [0.2, 0.25) is 0 Å². The van der Waals surface area contributed by atoms with E-state index in [0.29, 0.717) is 31.6 Å². The Morgan fingerprint density at radius 2 is 2.15 bits per heavy atom. The van der Waals surface area contributed by atoms with Crippen LogP contribution in [0, 0.1) is 6.92 Å². The number of ether oxygens (including phenoxy) is 2. The van der Waals surface area contributed by atoms with Crippen LogP contribution >= 0.6 is 0 Å². The summed E-state index contributed by atoms with van der Waals surface area (Å²) in [4.78, 5) is 19.9. The molecule has 0 aromatic carbocycles. The molecule has 7 heteroatoms. The highest BCUT2D eigenvalue weighted by atomic mass is 16.5. The van der Waals surface area contributed by atoms with Gasteiger partial charge in [0.2, 0.25) is 17.7 Å². The van der Waals surface area contributed by atoms with Gasteiger partial charge in [-0.25, -0.2) is 4.98 Å². The molecule has 0 atom stereocenters. The highest BCUT2D eigenvalue weighted by molar-refractivity contribution is 5.80. The number of rotatable bonds is 9. The number of carbonyl (C=O) groups is 1. The zero-order valence-electron chi connectivity index (χ0n) is 12.2. The van der Waals surface area contributed by atoms with Crippen molar-refractivity contribution in [2.75, 3.05) is 38.7 Å². The smallest absolute Gasteiger partial charge is 0.239 e. The van der Waals surface area contributed by atoms with Crippen LogP contribution in [-0.4, -0.2) is 49.3 Å². The van der Waals surface area contributed by atoms with Gasteiger partial charge in [0.15, 0.2) is 0 Å². The molecule has 1 rings (SSSR count). The lowest BCUT2D eigenvalue weighted by Crippen LogP contribution is -2.32. The molecule has 0 aliphatic rings. The van der Waals surface area contributed by atoms with E-state index in [2.05, 4.69) is 20.6 Å². The minimum Gasteiger partial charge on any atom is -0.478 e. The van der Waals surface area contributed by atoms with Crippen LogP contribution in [0.3, 0.4) is 0 Å². The minimum absolute atomic E-state index is 0.111. The van der Waals surface area contributed by atoms with Gasteiger partial charge in [0, 0.05) is 25.4 Å². The molecule has 0 bridgehead atoms. The van der Waals surface area contributed by atoms with E-state index < -0.39 is 0 Å². The number of carbonyl (C=O) groups excluding carboxylic acids is 1. The molecule has 0 unspecified atom stereocenters. The van der Waals surface area contributed by atoms with E-state index in [9.17, 15) is 4.79 Å². The minimum atomic E-state index is -0.136. The Kier molecular flexibility index (Phi) is 7.34. The average Bonchev–Trinajstić information content (AvgIpc) is 2.43. The number of aromatic nitrogens is 2. The third-order valence-corrected chi connectivity index (χ3v) is 2.32. The van der Waals surface area contributed by atoms with E-state index in [1.165, 1.54) is 0 Å². The lowest BCUT2D eigenvalue weighted by molar-refractivity contribution is -0.119. The average molecular weight is 282 g/mol. The van der Waals surface area contributed by atoms with Gasteiger partial charge >= 0.3 is 0 Å². The number of anilines is 1. The molecular weight excluding hydrogens is 260 g/mol. The molecule has 0 fully saturated rings. The first kappa shape index (κ1) is 16.2. The van der Waals surface area contributed by atoms with Crippen molar-refractivity contribution in [3.8, 4) is 5.88 Å². The number of nitrogens with zero attached hydrogens (tertiary/aromatic N) is 2. The van der Waals surface area contributed by atoms with Crippen molar-refractivity contribution in [2.24, 2.45) is 0 Å². The van der Waals surface area contributed by atoms with Gasteiger partial charge in [0.05, 0.1) is 19.8 Å². The Hall–Kier alpha value is -1.89. The highest BCUT2D eigenvalue weighted by Gasteiger charge is 2.05. The van der Waals surface area contributed by atoms with E-state index >= 15 is 0 Å². The fourth-order valence-electron chi connectivity index (χ4n) is 1.41. The number of nitrogens with one attached hydrogen (secondary N) is 2. The van der Waals surface area contributed by atoms with Gasteiger partial charge in [-0.2, -0.15) is 4.98 Å². The molecule has 1 heterocycles. The van der Waals surface area contributed by atoms with Gasteiger partial charge in [-0.1, -0.05) is 6.92 Å². The van der Waals surface area contributed by atoms with Crippen LogP contribution in [0.25, 0.3) is 0 Å². The quantitative estimate of drug-likeness (QED) is 0.650. The highest BCUT2D eigenvalue weighted by Crippen LogP contribution is 2.11. The Labute approximate surface area is 119 Å². The predicted molar refractivity (Wildman–Crippen MR) is 75.9 cm³/mol. The summed E-state index contributed by atoms with van der Waals surface area (Å²) in [5.74, 6) is 0.766. The Morgan fingerprint density at radius 1 is 1.35 bits per heavy atom. The van der Waals surface area contributed by atoms with Crippen molar-refractivity contribution in [1.82, 2.24) is 15.3 Å². The topological polar surface area (TPSA) is 85.4 Å². The summed E-state index contributed by atoms with van der Waals surface area (Å²) >= 11 is 0. The first-order valence-electron chi connectivity index (χ1n) is 6.63. The summed E-state index contributed by atoms with van der Waals surface area (Å²) in [5, 5.41) is 5.58. The third kappa shape index (κ3) is 6.33. The number of amides is 1. The van der Waals surface area contributed by atoms with Crippen LogP contribution in [0.5, 0.6) is 5.88 Å². The molecule has 2 N–H and O–H groups in total. The summed E-state index contributed by atoms with van der Waals surface area (Å²) in [6.07, 6.45) is 0.910. The maximum Gasteiger partial charge on any atom is 0.239 e. The van der Waals surface area contributed by atoms with Crippen molar-refractivity contribution in [1.29, 1.82) is 0 Å². The van der Waals surface area contributed by atoms with Crippen LogP contribution in [0.4, 0.5) is 5.95 Å². The predicted octanol–water partition coefficient (Wildman–Crippen LogP) is 0.748. The molecule has 7 nitrogen and oxygen atoms in total. The van der Waals surface area contributed by atoms with Gasteiger partial charge in [-0.05, 0) is 13.3 Å². The van der Waals surface area contributed by atoms with E-state index in [4.69, 9.17) is 9.47 Å². The molecule has 112 valence electrons. The Bertz CT molecular complexity index is 426. The lowest BCUT2D eigenvalue weighted by atomic mass is 10.4. The normalized spacial score (nSPS) is 10.2. The second-order valence-electron chi connectivity index (χ2n) is 4.22. The van der Waals surface area contributed by atoms with Gasteiger partial charge in [0.25, 0.3) is 0 Å². The van der Waals surface area contributed by atoms with Gasteiger partial charge in [-0.3, -0.25) is 4.79 Å². The zero-order chi connectivity index (χ0) is 14.8. The van der Waals surface area contributed by atoms with Gasteiger partial charge in [-0.15, -0.1) is 0 Å². The van der Waals surface area contributed by atoms with Crippen molar-refractivity contribution >= 4 is 11.9 Å². The van der Waals surface area contributed by atoms with Crippen molar-refractivity contribution in [3.63, 3.8) is 0 Å². The Balaban J connectivity index is 2.46. The van der Waals surface area contributed by atoms with Crippen LogP contribution in [-0.2, 0) is 9.53 Å². The zero-order valence-corrected chi connectivity index (χ0v) is 12.2. The molecule has 1 aromatic heterocycles. The molecule has 0 saturated carbocycles. The van der Waals surface area contributed by atoms with Crippen molar-refractivity contribution < 1.29 is 14.3 Å². The first-order valence-corrected chi connectivity index (χ1v) is 6.63. The van der Waals surface area contributed by atoms with Crippen LogP contribution in [0.15, 0.2) is 6.07 Å². The molecule has 0 aliphatic carbocycles. The number of hydrogen-bond acceptors (Lipinski definition) is 6. The number of methoxy groups -OCH3 is 1. The van der Waals surface area contributed by atoms with Crippen molar-refractivity contribution in [2.45, 2.75) is 20.3 Å². The van der Waals surface area contributed by atoms with Crippen molar-refractivity contribution in [3.05, 3.63) is 11.8 Å². The summed E-state index contributed by atoms with van der Waals surface area (Å²) in [5.41, 5.74) is 0.786. The lowest BCUT2D eigenvalue weighted by Gasteiger charge is -2.09. The first-order chi connectivity index (χ1) is 9.65. The van der Waals surface area contributed by atoms with Gasteiger partial charge < -0.3 is 20.1 Å². The third-order valence-electron chi connectivity index (χ3n) is 2.32. The number of hydrogen-bond donors (Lipinski definition) is 2. The van der Waals surface area contributed by atoms with E-state index in [0.717, 1.165) is 12.1 Å². The fourth-order valence-corrected chi connectivity index (χ4v) is 1.41. The fraction of sp³-hybridized carbons (Fsp3) is 0.615. The molecular formula is C13H22N4O3. The SMILES string of the molecule is CCCOc1cc(C)nc(NCC(=O)NCCOC)n1. The van der Waals surface area contributed by atoms with E-state index in [1.807, 2.05) is 13.8 Å². The van der Waals surface area contributed by atoms with E-state index in [-0.39, 0.29) is 12.5 Å². The number of aryl methyl sites for hydroxylation is 1. The molecule has 0 spiro atoms. The summed E-state index contributed by atoms with van der Waals surface area (Å²) in [7, 11) is 1.59. The Morgan fingerprint density at radius 3 is 2.85 bits per heavy atom. The maximum absolute atomic E-state index is 11.5. The molecule has 0 saturated heterocycles. The van der Waals surface area contributed by atoms with Crippen LogP contribution < -0.4 is 15.4 Å². The molecule has 0 aliphatic heterocycles. The van der Waals surface area contributed by atoms with Crippen LogP contribution in [0.1, 0.15) is 19.0 Å². The molecule has 1 amide bonds. The van der Waals surface area contributed by atoms with E-state index in [1.54, 1.807) is 13.2 Å². The molecule has 20 heavy (non-hydrogen) atoms. The second kappa shape index (κ2) is 9.08. The monoisotopic (exact) mass is 282 g/mol. The summed E-state index contributed by atoms with van der Waals surface area (Å²) in [6.45, 7) is 5.56. The second-order valence-corrected chi connectivity index (χ2v) is 4.22. The van der Waals surface area contributed by atoms with Gasteiger partial charge in [0.1, 0.15) is 0 Å². The maximum atomic E-state index is 11.5. The largest absolute Gasteiger partial charge is 0.478 e. The summed E-state index contributed by atoms with van der Waals surface area (Å²) < 4.78 is 10.3. The standard InChI is InChI=1S/C13H22N4O3/c1-4-6-20-12-8-10(2)16-13(17-12)15-9-11(18)14-5-7-19-3/h8H,4-7,9H2,1-3H3,(H,14,18)(H,15,16,17). The molecule has 0 radical (unpaired) electrons. The molecule has 1 aromatic rings. The summed E-state index contributed by atoms with van der Waals surface area (Å²) in [6, 6.07) is 1.76.